The minimum Gasteiger partial charge on any atom is -0.211 e. The van der Waals surface area contributed by atoms with Crippen LogP contribution in [-0.2, 0) is 10.0 Å². The number of sulfonamides is 1. The molecule has 1 aliphatic rings. The predicted molar refractivity (Wildman–Crippen MR) is 53.1 cm³/mol. The van der Waals surface area contributed by atoms with E-state index in [1.54, 1.807) is 0 Å². The summed E-state index contributed by atoms with van der Waals surface area (Å²) in [6, 6.07) is 0. The molecule has 0 N–H and O–H groups in total. The number of nitrogens with zero attached hydrogens (tertiary/aromatic N) is 1. The Morgan fingerprint density at radius 3 is 2.07 bits per heavy atom. The molecule has 0 bridgehead atoms. The molecular formula is C7H11BrF3NO2S. The first-order valence-electron chi connectivity index (χ1n) is 4.38. The fourth-order valence-electron chi connectivity index (χ4n) is 1.53. The van der Waals surface area contributed by atoms with E-state index in [0.717, 1.165) is 4.31 Å². The minimum absolute atomic E-state index is 0.0435. The fraction of sp³-hybridized carbons (Fsp3) is 1.00. The standard InChI is InChI=1S/C7H11BrF3NO2S/c8-5-15(13,14)12-3-1-6(2-4-12)7(9,10)11/h6H,1-5H2. The van der Waals surface area contributed by atoms with Crippen LogP contribution in [-0.4, -0.2) is 36.7 Å². The van der Waals surface area contributed by atoms with Gasteiger partial charge in [0.1, 0.15) is 4.66 Å². The molecule has 1 heterocycles. The number of hydrogen-bond acceptors (Lipinski definition) is 2. The van der Waals surface area contributed by atoms with Crippen molar-refractivity contribution in [3.8, 4) is 0 Å². The Bertz CT molecular complexity index is 309. The molecule has 0 radical (unpaired) electrons. The van der Waals surface area contributed by atoms with E-state index in [1.165, 1.54) is 0 Å². The van der Waals surface area contributed by atoms with Gasteiger partial charge in [0, 0.05) is 13.1 Å². The summed E-state index contributed by atoms with van der Waals surface area (Å²) in [5.74, 6) is -1.36. The van der Waals surface area contributed by atoms with Gasteiger partial charge in [0.15, 0.2) is 0 Å². The first kappa shape index (κ1) is 13.2. The maximum absolute atomic E-state index is 12.3. The number of halogens is 4. The smallest absolute Gasteiger partial charge is 0.211 e. The van der Waals surface area contributed by atoms with Crippen molar-refractivity contribution in [3.63, 3.8) is 0 Å². The third-order valence-electron chi connectivity index (χ3n) is 2.45. The van der Waals surface area contributed by atoms with Gasteiger partial charge >= 0.3 is 6.18 Å². The average Bonchev–Trinajstić information content (AvgIpc) is 2.17. The summed E-state index contributed by atoms with van der Waals surface area (Å²) in [6.07, 6.45) is -4.49. The first-order valence-corrected chi connectivity index (χ1v) is 7.11. The summed E-state index contributed by atoms with van der Waals surface area (Å²) in [6.45, 7) is -0.0871. The van der Waals surface area contributed by atoms with Crippen LogP contribution >= 0.6 is 15.9 Å². The van der Waals surface area contributed by atoms with Crippen LogP contribution in [0.4, 0.5) is 13.2 Å². The third-order valence-corrected chi connectivity index (χ3v) is 5.61. The van der Waals surface area contributed by atoms with E-state index in [9.17, 15) is 21.6 Å². The van der Waals surface area contributed by atoms with E-state index in [1.807, 2.05) is 0 Å². The van der Waals surface area contributed by atoms with Crippen molar-refractivity contribution in [2.24, 2.45) is 5.92 Å². The number of piperidine rings is 1. The minimum atomic E-state index is -4.20. The normalized spacial score (nSPS) is 21.9. The van der Waals surface area contributed by atoms with E-state index < -0.39 is 22.1 Å². The Labute approximate surface area is 94.8 Å². The highest BCUT2D eigenvalue weighted by molar-refractivity contribution is 9.10. The van der Waals surface area contributed by atoms with Crippen LogP contribution in [0.25, 0.3) is 0 Å². The van der Waals surface area contributed by atoms with Crippen LogP contribution in [0.3, 0.4) is 0 Å². The Morgan fingerprint density at radius 1 is 1.27 bits per heavy atom. The lowest BCUT2D eigenvalue weighted by Crippen LogP contribution is -2.42. The van der Waals surface area contributed by atoms with Crippen molar-refractivity contribution in [3.05, 3.63) is 0 Å². The molecule has 0 aromatic carbocycles. The molecule has 1 fully saturated rings. The third kappa shape index (κ3) is 3.32. The van der Waals surface area contributed by atoms with Gasteiger partial charge in [-0.1, -0.05) is 15.9 Å². The highest BCUT2D eigenvalue weighted by Gasteiger charge is 2.42. The van der Waals surface area contributed by atoms with Crippen LogP contribution in [0.1, 0.15) is 12.8 Å². The van der Waals surface area contributed by atoms with Crippen LogP contribution in [0.5, 0.6) is 0 Å². The van der Waals surface area contributed by atoms with Gasteiger partial charge in [-0.25, -0.2) is 12.7 Å². The van der Waals surface area contributed by atoms with Gasteiger partial charge in [-0.3, -0.25) is 0 Å². The molecule has 90 valence electrons. The molecule has 0 aliphatic carbocycles. The largest absolute Gasteiger partial charge is 0.391 e. The number of alkyl halides is 4. The Balaban J connectivity index is 2.57. The number of hydrogen-bond donors (Lipinski definition) is 0. The molecule has 1 aliphatic heterocycles. The lowest BCUT2D eigenvalue weighted by molar-refractivity contribution is -0.182. The zero-order valence-corrected chi connectivity index (χ0v) is 10.2. The van der Waals surface area contributed by atoms with Crippen LogP contribution < -0.4 is 0 Å². The van der Waals surface area contributed by atoms with Gasteiger partial charge in [0.05, 0.1) is 5.92 Å². The maximum atomic E-state index is 12.3. The molecule has 0 saturated carbocycles. The summed E-state index contributed by atoms with van der Waals surface area (Å²) in [4.78, 5) is 0. The SMILES string of the molecule is O=S(=O)(CBr)N1CCC(C(F)(F)F)CC1. The first-order chi connectivity index (χ1) is 6.77. The van der Waals surface area contributed by atoms with Gasteiger partial charge in [-0.2, -0.15) is 13.2 Å². The van der Waals surface area contributed by atoms with Gasteiger partial charge in [0.2, 0.25) is 10.0 Å². The summed E-state index contributed by atoms with van der Waals surface area (Å²) in [7, 11) is -3.41. The van der Waals surface area contributed by atoms with Crippen molar-refractivity contribution < 1.29 is 21.6 Å². The van der Waals surface area contributed by atoms with Gasteiger partial charge in [-0.05, 0) is 12.8 Å². The van der Waals surface area contributed by atoms with E-state index in [2.05, 4.69) is 15.9 Å². The number of rotatable bonds is 2. The summed E-state index contributed by atoms with van der Waals surface area (Å²) in [5, 5.41) is 0. The van der Waals surface area contributed by atoms with Crippen molar-refractivity contribution >= 4 is 26.0 Å². The van der Waals surface area contributed by atoms with Crippen molar-refractivity contribution in [2.75, 3.05) is 17.8 Å². The van der Waals surface area contributed by atoms with Gasteiger partial charge in [0.25, 0.3) is 0 Å². The van der Waals surface area contributed by atoms with Crippen LogP contribution in [0.15, 0.2) is 0 Å². The molecule has 0 aromatic rings. The molecule has 1 saturated heterocycles. The Hall–Kier alpha value is 0.180. The van der Waals surface area contributed by atoms with E-state index in [-0.39, 0.29) is 30.6 Å². The fourth-order valence-corrected chi connectivity index (χ4v) is 3.30. The molecule has 0 amide bonds. The maximum Gasteiger partial charge on any atom is 0.391 e. The molecule has 0 atom stereocenters. The summed E-state index contributed by atoms with van der Waals surface area (Å²) in [5.41, 5.74) is 0. The Kier molecular flexibility index (Phi) is 4.05. The van der Waals surface area contributed by atoms with Crippen molar-refractivity contribution in [1.29, 1.82) is 0 Å². The molecule has 8 heteroatoms. The summed E-state index contributed by atoms with van der Waals surface area (Å²) < 4.78 is 60.3. The molecule has 0 unspecified atom stereocenters. The summed E-state index contributed by atoms with van der Waals surface area (Å²) >= 11 is 2.81. The van der Waals surface area contributed by atoms with Crippen LogP contribution in [0.2, 0.25) is 0 Å². The predicted octanol–water partition coefficient (Wildman–Crippen LogP) is 1.94. The zero-order chi connectivity index (χ0) is 11.7. The highest BCUT2D eigenvalue weighted by atomic mass is 79.9. The molecule has 3 nitrogen and oxygen atoms in total. The molecule has 1 rings (SSSR count). The van der Waals surface area contributed by atoms with Crippen LogP contribution in [0, 0.1) is 5.92 Å². The average molecular weight is 310 g/mol. The molecule has 0 aromatic heterocycles. The second-order valence-corrected chi connectivity index (χ2v) is 6.71. The molecule has 0 spiro atoms. The zero-order valence-electron chi connectivity index (χ0n) is 7.80. The molecule has 15 heavy (non-hydrogen) atoms. The topological polar surface area (TPSA) is 37.4 Å². The lowest BCUT2D eigenvalue weighted by atomic mass is 9.98. The van der Waals surface area contributed by atoms with E-state index >= 15 is 0 Å². The van der Waals surface area contributed by atoms with Gasteiger partial charge < -0.3 is 0 Å². The second kappa shape index (κ2) is 4.58. The Morgan fingerprint density at radius 2 is 1.73 bits per heavy atom. The monoisotopic (exact) mass is 309 g/mol. The van der Waals surface area contributed by atoms with Crippen molar-refractivity contribution in [2.45, 2.75) is 19.0 Å². The van der Waals surface area contributed by atoms with Gasteiger partial charge in [-0.15, -0.1) is 0 Å². The van der Waals surface area contributed by atoms with E-state index in [4.69, 9.17) is 0 Å². The second-order valence-electron chi connectivity index (χ2n) is 3.44. The quantitative estimate of drug-likeness (QED) is 0.731. The highest BCUT2D eigenvalue weighted by Crippen LogP contribution is 2.34. The van der Waals surface area contributed by atoms with Crippen molar-refractivity contribution in [1.82, 2.24) is 4.31 Å². The lowest BCUT2D eigenvalue weighted by Gasteiger charge is -2.31. The molecular weight excluding hydrogens is 299 g/mol. The van der Waals surface area contributed by atoms with E-state index in [0.29, 0.717) is 0 Å².